The van der Waals surface area contributed by atoms with E-state index >= 15 is 0 Å². The molecule has 2 fully saturated rings. The second-order valence-corrected chi connectivity index (χ2v) is 17.6. The lowest BCUT2D eigenvalue weighted by Crippen LogP contribution is -2.63. The molecule has 0 bridgehead atoms. The van der Waals surface area contributed by atoms with Crippen molar-refractivity contribution in [2.75, 3.05) is 32.9 Å². The van der Waals surface area contributed by atoms with Crippen LogP contribution in [-0.2, 0) is 29.2 Å². The van der Waals surface area contributed by atoms with Crippen molar-refractivity contribution in [1.82, 2.24) is 30.5 Å². The van der Waals surface area contributed by atoms with Crippen LogP contribution in [0.4, 0.5) is 18.0 Å². The largest absolute Gasteiger partial charge is 0.391 e. The van der Waals surface area contributed by atoms with E-state index in [4.69, 9.17) is 0 Å². The fourth-order valence-electron chi connectivity index (χ4n) is 6.00. The molecule has 2 aliphatic rings. The van der Waals surface area contributed by atoms with Crippen LogP contribution in [0, 0.1) is 28.1 Å². The molecular formula is C31H51F3N6O7S. The van der Waals surface area contributed by atoms with E-state index in [2.05, 4.69) is 27.8 Å². The lowest BCUT2D eigenvalue weighted by atomic mass is 9.85. The quantitative estimate of drug-likeness (QED) is 0.167. The lowest BCUT2D eigenvalue weighted by molar-refractivity contribution is -0.155. The highest BCUT2D eigenvalue weighted by molar-refractivity contribution is 7.88. The number of hydrogen-bond acceptors (Lipinski definition) is 7. The number of carbonyl (C=O) groups is 5. The van der Waals surface area contributed by atoms with Gasteiger partial charge in [0, 0.05) is 32.7 Å². The average Bonchev–Trinajstić information content (AvgIpc) is 3.23. The number of halogens is 3. The van der Waals surface area contributed by atoms with E-state index in [0.717, 1.165) is 10.6 Å². The van der Waals surface area contributed by atoms with Gasteiger partial charge in [0.15, 0.2) is 0 Å². The van der Waals surface area contributed by atoms with Gasteiger partial charge in [-0.3, -0.25) is 19.2 Å². The number of Topliss-reactive ketones (excluding diaryl/α,β-unsaturated/α-hetero) is 1. The Balaban J connectivity index is 2.38. The molecule has 48 heavy (non-hydrogen) atoms. The maximum absolute atomic E-state index is 14.2. The summed E-state index contributed by atoms with van der Waals surface area (Å²) in [6.45, 7) is 17.4. The second-order valence-electron chi connectivity index (χ2n) is 15.5. The summed E-state index contributed by atoms with van der Waals surface area (Å²) in [5.74, 6) is -5.14. The average molecular weight is 709 g/mol. The predicted molar refractivity (Wildman–Crippen MR) is 173 cm³/mol. The number of sulfonamides is 1. The molecule has 1 unspecified atom stereocenters. The summed E-state index contributed by atoms with van der Waals surface area (Å²) >= 11 is 0. The molecule has 1 heterocycles. The van der Waals surface area contributed by atoms with Crippen LogP contribution in [0.5, 0.6) is 0 Å². The highest BCUT2D eigenvalue weighted by Gasteiger charge is 2.70. The van der Waals surface area contributed by atoms with E-state index in [1.54, 1.807) is 20.8 Å². The van der Waals surface area contributed by atoms with Crippen molar-refractivity contribution < 1.29 is 45.6 Å². The van der Waals surface area contributed by atoms with Crippen molar-refractivity contribution in [2.24, 2.45) is 28.1 Å². The molecule has 0 aromatic heterocycles. The number of likely N-dealkylation sites (tertiary alicyclic amines) is 1. The molecule has 17 heteroatoms. The Hall–Kier alpha value is -3.21. The van der Waals surface area contributed by atoms with Crippen LogP contribution in [0.3, 0.4) is 0 Å². The van der Waals surface area contributed by atoms with Gasteiger partial charge in [-0.1, -0.05) is 61.5 Å². The van der Waals surface area contributed by atoms with Gasteiger partial charge in [0.25, 0.3) is 5.91 Å². The van der Waals surface area contributed by atoms with Gasteiger partial charge in [0.2, 0.25) is 27.6 Å². The molecule has 13 nitrogen and oxygen atoms in total. The van der Waals surface area contributed by atoms with E-state index in [1.165, 1.54) is 18.0 Å². The molecule has 5 amide bonds. The molecule has 2 rings (SSSR count). The summed E-state index contributed by atoms with van der Waals surface area (Å²) in [5.41, 5.74) is -1.97. The molecule has 0 aromatic carbocycles. The van der Waals surface area contributed by atoms with Crippen molar-refractivity contribution in [3.05, 3.63) is 12.7 Å². The molecule has 1 aliphatic heterocycles. The summed E-state index contributed by atoms with van der Waals surface area (Å²) in [4.78, 5) is 67.5. The number of hydrogen-bond donors (Lipinski definition) is 4. The smallest absolute Gasteiger partial charge is 0.346 e. The molecule has 4 N–H and O–H groups in total. The SMILES string of the molecule is C=CCNC(=O)C(=O)C(CC(F)(F)F)NC(=O)[C@@H]1[C@@H]2[C@H](CN1C(=O)[C@@H](NC(=O)N[C@H](CN(C)S(C)(=O)=O)C(C)(C)C)C(C)(C)C)C2(C)C. The number of ketones is 1. The first-order valence-corrected chi connectivity index (χ1v) is 17.5. The van der Waals surface area contributed by atoms with Crippen molar-refractivity contribution in [3.8, 4) is 0 Å². The summed E-state index contributed by atoms with van der Waals surface area (Å²) in [6.07, 6.45) is -4.44. The Morgan fingerprint density at radius 3 is 2.02 bits per heavy atom. The van der Waals surface area contributed by atoms with Crippen molar-refractivity contribution in [2.45, 2.75) is 92.2 Å². The van der Waals surface area contributed by atoms with Crippen LogP contribution in [0.2, 0.25) is 0 Å². The first-order valence-electron chi connectivity index (χ1n) is 15.6. The fraction of sp³-hybridized carbons (Fsp3) is 0.774. The maximum atomic E-state index is 14.2. The third-order valence-electron chi connectivity index (χ3n) is 9.20. The van der Waals surface area contributed by atoms with Gasteiger partial charge < -0.3 is 26.2 Å². The highest BCUT2D eigenvalue weighted by atomic mass is 32.2. The normalized spacial score (nSPS) is 22.5. The van der Waals surface area contributed by atoms with E-state index in [9.17, 15) is 45.6 Å². The third-order valence-corrected chi connectivity index (χ3v) is 10.5. The minimum absolute atomic E-state index is 0.0554. The van der Waals surface area contributed by atoms with E-state index in [1.807, 2.05) is 34.6 Å². The zero-order valence-electron chi connectivity index (χ0n) is 29.4. The van der Waals surface area contributed by atoms with Gasteiger partial charge >= 0.3 is 12.2 Å². The molecular weight excluding hydrogens is 657 g/mol. The summed E-state index contributed by atoms with van der Waals surface area (Å²) < 4.78 is 65.6. The molecule has 0 aromatic rings. The lowest BCUT2D eigenvalue weighted by Gasteiger charge is -2.39. The number of urea groups is 1. The molecule has 6 atom stereocenters. The van der Waals surface area contributed by atoms with Crippen LogP contribution in [0.1, 0.15) is 61.8 Å². The van der Waals surface area contributed by atoms with Gasteiger partial charge in [-0.2, -0.15) is 13.2 Å². The van der Waals surface area contributed by atoms with E-state index < -0.39 is 98.5 Å². The molecule has 1 aliphatic carbocycles. The number of likely N-dealkylation sites (N-methyl/N-ethyl adjacent to an activating group) is 1. The van der Waals surface area contributed by atoms with E-state index in [0.29, 0.717) is 0 Å². The van der Waals surface area contributed by atoms with Gasteiger partial charge in [0.05, 0.1) is 12.7 Å². The van der Waals surface area contributed by atoms with Gasteiger partial charge in [-0.05, 0) is 28.1 Å². The number of piperidine rings is 1. The first kappa shape index (κ1) is 41.0. The van der Waals surface area contributed by atoms with Crippen molar-refractivity contribution in [1.29, 1.82) is 0 Å². The van der Waals surface area contributed by atoms with E-state index in [-0.39, 0.29) is 25.6 Å². The van der Waals surface area contributed by atoms with Crippen molar-refractivity contribution in [3.63, 3.8) is 0 Å². The Morgan fingerprint density at radius 1 is 1.00 bits per heavy atom. The zero-order chi connectivity index (χ0) is 37.4. The Labute approximate surface area is 281 Å². The maximum Gasteiger partial charge on any atom is 0.391 e. The number of nitrogens with one attached hydrogen (secondary N) is 4. The van der Waals surface area contributed by atoms with Crippen molar-refractivity contribution >= 4 is 39.6 Å². The molecule has 274 valence electrons. The Kier molecular flexibility index (Phi) is 12.2. The van der Waals surface area contributed by atoms with Gasteiger partial charge in [0.1, 0.15) is 18.1 Å². The zero-order valence-corrected chi connectivity index (χ0v) is 30.2. The number of carbonyl (C=O) groups excluding carboxylic acids is 5. The van der Waals surface area contributed by atoms with Crippen LogP contribution < -0.4 is 21.3 Å². The van der Waals surface area contributed by atoms with Crippen LogP contribution in [0.25, 0.3) is 0 Å². The molecule has 1 saturated heterocycles. The number of amides is 5. The fourth-order valence-corrected chi connectivity index (χ4v) is 6.42. The monoisotopic (exact) mass is 708 g/mol. The summed E-state index contributed by atoms with van der Waals surface area (Å²) in [5, 5.41) is 9.66. The standard InChI is InChI=1S/C31H51F3N6O7S/c1-12-13-35-25(43)22(41)18(14-31(32,33)34)36-24(42)21-20-17(30(20,8)9)15-40(21)26(44)23(29(5,6)7)38-27(45)37-19(28(2,3)4)16-39(10)48(11,46)47/h12,17-21,23H,1,13-16H2,2-11H3,(H,35,43)(H,36,42)(H2,37,38,45)/t17-,18?,19+,20-,21-,23+/m0/s1. The number of nitrogens with zero attached hydrogens (tertiary/aromatic N) is 2. The Morgan fingerprint density at radius 2 is 1.56 bits per heavy atom. The van der Waals surface area contributed by atoms with Gasteiger partial charge in [-0.25, -0.2) is 17.5 Å². The predicted octanol–water partition coefficient (Wildman–Crippen LogP) is 1.80. The first-order chi connectivity index (χ1) is 21.5. The van der Waals surface area contributed by atoms with Crippen LogP contribution in [-0.4, -0.2) is 110 Å². The van der Waals surface area contributed by atoms with Crippen LogP contribution >= 0.6 is 0 Å². The molecule has 0 radical (unpaired) electrons. The summed E-state index contributed by atoms with van der Waals surface area (Å²) in [7, 11) is -2.19. The summed E-state index contributed by atoms with van der Waals surface area (Å²) in [6, 6.07) is -6.19. The minimum atomic E-state index is -4.91. The molecule has 1 saturated carbocycles. The highest BCUT2D eigenvalue weighted by Crippen LogP contribution is 2.65. The number of rotatable bonds is 13. The second kappa shape index (κ2) is 14.3. The molecule has 0 spiro atoms. The minimum Gasteiger partial charge on any atom is -0.346 e. The number of fused-ring (bicyclic) bond motifs is 1. The van der Waals surface area contributed by atoms with Crippen LogP contribution in [0.15, 0.2) is 12.7 Å². The topological polar surface area (TPSA) is 174 Å². The van der Waals surface area contributed by atoms with Gasteiger partial charge in [-0.15, -0.1) is 6.58 Å². The number of alkyl halides is 3. The Bertz CT molecular complexity index is 1390. The third kappa shape index (κ3) is 10.2.